The summed E-state index contributed by atoms with van der Waals surface area (Å²) in [6, 6.07) is 3.21. The summed E-state index contributed by atoms with van der Waals surface area (Å²) >= 11 is 1.38. The summed E-state index contributed by atoms with van der Waals surface area (Å²) < 4.78 is 38.8. The van der Waals surface area contributed by atoms with E-state index in [0.717, 1.165) is 43.7 Å². The number of rotatable bonds is 3. The number of aryl methyl sites for hydroxylation is 2. The average molecular weight is 413 g/mol. The van der Waals surface area contributed by atoms with Crippen LogP contribution in [0.5, 0.6) is 0 Å². The van der Waals surface area contributed by atoms with Crippen molar-refractivity contribution in [2.45, 2.75) is 44.8 Å². The number of aromatic nitrogens is 1. The molecule has 0 fully saturated rings. The Morgan fingerprint density at radius 1 is 1.11 bits per heavy atom. The van der Waals surface area contributed by atoms with Crippen LogP contribution in [0.15, 0.2) is 29.2 Å². The molecule has 0 aliphatic heterocycles. The Labute approximate surface area is 162 Å². The number of hydrogen-bond donors (Lipinski definition) is 2. The maximum Gasteiger partial charge on any atom is 0.417 e. The minimum absolute atomic E-state index is 0.462. The van der Waals surface area contributed by atoms with Crippen LogP contribution in [0.3, 0.4) is 0 Å². The molecule has 3 rings (SSSR count). The highest BCUT2D eigenvalue weighted by molar-refractivity contribution is 7.14. The van der Waals surface area contributed by atoms with Crippen molar-refractivity contribution < 1.29 is 22.8 Å². The lowest BCUT2D eigenvalue weighted by molar-refractivity contribution is -0.138. The molecule has 150 valence electrons. The van der Waals surface area contributed by atoms with Crippen LogP contribution in [0.1, 0.15) is 44.9 Å². The van der Waals surface area contributed by atoms with Crippen molar-refractivity contribution in [1.82, 2.24) is 15.4 Å². The third-order valence-electron chi connectivity index (χ3n) is 4.41. The number of carbonyl (C=O) groups is 2. The van der Waals surface area contributed by atoms with Crippen molar-refractivity contribution in [1.29, 1.82) is 0 Å². The average Bonchev–Trinajstić information content (AvgIpc) is 2.91. The Kier molecular flexibility index (Phi) is 5.87. The molecule has 0 saturated carbocycles. The Bertz CT molecular complexity index is 926. The van der Waals surface area contributed by atoms with E-state index in [1.165, 1.54) is 16.2 Å². The number of nitrogens with one attached hydrogen (secondary N) is 2. The molecule has 0 saturated heterocycles. The molecule has 2 heterocycles. The zero-order chi connectivity index (χ0) is 20.3. The molecule has 1 aliphatic carbocycles. The zero-order valence-electron chi connectivity index (χ0n) is 14.8. The molecule has 2 aromatic rings. The van der Waals surface area contributed by atoms with Gasteiger partial charge < -0.3 is 4.57 Å². The molecule has 6 nitrogen and oxygen atoms in total. The van der Waals surface area contributed by atoms with Crippen molar-refractivity contribution in [3.63, 3.8) is 0 Å². The molecular formula is C18H18F3N3O3S. The number of nitrogens with zero attached hydrogens (tertiary/aromatic N) is 1. The minimum atomic E-state index is -4.63. The van der Waals surface area contributed by atoms with Gasteiger partial charge in [-0.1, -0.05) is 6.42 Å². The van der Waals surface area contributed by atoms with Gasteiger partial charge in [-0.15, -0.1) is 11.3 Å². The second-order valence-corrected chi connectivity index (χ2v) is 7.64. The van der Waals surface area contributed by atoms with Crippen LogP contribution in [-0.2, 0) is 30.4 Å². The standard InChI is InChI=1S/C18H18F3N3O3S/c19-18(20,21)12-6-7-16(26)24(9-12)10-15(25)22-23-17(27)14-8-11-4-2-1-3-5-13(11)28-14/h6-9H,1-5,10H2,(H,22,25)(H,23,27). The highest BCUT2D eigenvalue weighted by Gasteiger charge is 2.31. The summed E-state index contributed by atoms with van der Waals surface area (Å²) in [5, 5.41) is 0. The van der Waals surface area contributed by atoms with Gasteiger partial charge in [-0.3, -0.25) is 25.2 Å². The molecule has 2 N–H and O–H groups in total. The molecule has 0 aromatic carbocycles. The molecule has 0 unspecified atom stereocenters. The molecule has 0 atom stereocenters. The first kappa shape index (κ1) is 20.1. The fourth-order valence-corrected chi connectivity index (χ4v) is 4.13. The SMILES string of the molecule is O=C(Cn1cc(C(F)(F)F)ccc1=O)NNC(=O)c1cc2c(s1)CCCCC2. The van der Waals surface area contributed by atoms with E-state index in [4.69, 9.17) is 0 Å². The maximum absolute atomic E-state index is 12.7. The summed E-state index contributed by atoms with van der Waals surface area (Å²) in [7, 11) is 0. The van der Waals surface area contributed by atoms with Gasteiger partial charge in [-0.25, -0.2) is 0 Å². The summed E-state index contributed by atoms with van der Waals surface area (Å²) in [4.78, 5) is 37.5. The lowest BCUT2D eigenvalue weighted by atomic mass is 10.1. The quantitative estimate of drug-likeness (QED) is 0.600. The van der Waals surface area contributed by atoms with E-state index in [-0.39, 0.29) is 0 Å². The highest BCUT2D eigenvalue weighted by Crippen LogP contribution is 2.29. The van der Waals surface area contributed by atoms with Crippen LogP contribution in [0.2, 0.25) is 0 Å². The second-order valence-electron chi connectivity index (χ2n) is 6.50. The van der Waals surface area contributed by atoms with E-state index in [9.17, 15) is 27.6 Å². The Balaban J connectivity index is 1.60. The van der Waals surface area contributed by atoms with E-state index in [1.807, 2.05) is 6.07 Å². The van der Waals surface area contributed by atoms with Crippen LogP contribution in [0.25, 0.3) is 0 Å². The number of thiophene rings is 1. The molecule has 0 spiro atoms. The largest absolute Gasteiger partial charge is 0.417 e. The number of pyridine rings is 1. The van der Waals surface area contributed by atoms with Crippen LogP contribution in [-0.4, -0.2) is 16.4 Å². The molecule has 10 heteroatoms. The molecule has 1 aliphatic rings. The predicted molar refractivity (Wildman–Crippen MR) is 96.9 cm³/mol. The Morgan fingerprint density at radius 3 is 2.61 bits per heavy atom. The van der Waals surface area contributed by atoms with Crippen LogP contribution < -0.4 is 16.4 Å². The minimum Gasteiger partial charge on any atom is -0.305 e. The molecule has 28 heavy (non-hydrogen) atoms. The Morgan fingerprint density at radius 2 is 1.86 bits per heavy atom. The molecule has 0 radical (unpaired) electrons. The predicted octanol–water partition coefficient (Wildman–Crippen LogP) is 2.66. The number of fused-ring (bicyclic) bond motifs is 1. The third kappa shape index (κ3) is 4.80. The monoisotopic (exact) mass is 413 g/mol. The second kappa shape index (κ2) is 8.17. The molecule has 2 aromatic heterocycles. The summed E-state index contributed by atoms with van der Waals surface area (Å²) in [6.07, 6.45) is 1.11. The van der Waals surface area contributed by atoms with E-state index < -0.39 is 35.7 Å². The number of halogens is 3. The number of hydrogen-bond acceptors (Lipinski definition) is 4. The fraction of sp³-hybridized carbons (Fsp3) is 0.389. The number of carbonyl (C=O) groups excluding carboxylic acids is 2. The van der Waals surface area contributed by atoms with Gasteiger partial charge in [0.1, 0.15) is 6.54 Å². The van der Waals surface area contributed by atoms with Crippen LogP contribution in [0.4, 0.5) is 13.2 Å². The van der Waals surface area contributed by atoms with Crippen molar-refractivity contribution in [2.75, 3.05) is 0 Å². The topological polar surface area (TPSA) is 80.2 Å². The van der Waals surface area contributed by atoms with E-state index in [2.05, 4.69) is 10.9 Å². The first-order valence-corrected chi connectivity index (χ1v) is 9.54. The van der Waals surface area contributed by atoms with Crippen molar-refractivity contribution in [3.8, 4) is 0 Å². The highest BCUT2D eigenvalue weighted by atomic mass is 32.1. The van der Waals surface area contributed by atoms with Crippen molar-refractivity contribution in [3.05, 3.63) is 55.6 Å². The van der Waals surface area contributed by atoms with Gasteiger partial charge in [0.2, 0.25) is 0 Å². The maximum atomic E-state index is 12.7. The van der Waals surface area contributed by atoms with Gasteiger partial charge in [-0.2, -0.15) is 13.2 Å². The smallest absolute Gasteiger partial charge is 0.305 e. The zero-order valence-corrected chi connectivity index (χ0v) is 15.6. The first-order valence-electron chi connectivity index (χ1n) is 8.72. The summed E-state index contributed by atoms with van der Waals surface area (Å²) in [6.45, 7) is -0.649. The van der Waals surface area contributed by atoms with Crippen LogP contribution >= 0.6 is 11.3 Å². The van der Waals surface area contributed by atoms with Gasteiger partial charge in [0.15, 0.2) is 0 Å². The van der Waals surface area contributed by atoms with Crippen molar-refractivity contribution >= 4 is 23.2 Å². The first-order chi connectivity index (χ1) is 13.2. The summed E-state index contributed by atoms with van der Waals surface area (Å²) in [5.74, 6) is -1.31. The van der Waals surface area contributed by atoms with E-state index in [1.54, 1.807) is 0 Å². The van der Waals surface area contributed by atoms with Gasteiger partial charge in [0.05, 0.1) is 10.4 Å². The van der Waals surface area contributed by atoms with Gasteiger partial charge in [-0.05, 0) is 43.4 Å². The van der Waals surface area contributed by atoms with Crippen molar-refractivity contribution in [2.24, 2.45) is 0 Å². The van der Waals surface area contributed by atoms with Gasteiger partial charge in [0.25, 0.3) is 17.4 Å². The Hall–Kier alpha value is -2.62. The van der Waals surface area contributed by atoms with E-state index >= 15 is 0 Å². The number of amides is 2. The third-order valence-corrected chi connectivity index (χ3v) is 5.65. The number of hydrazine groups is 1. The van der Waals surface area contributed by atoms with Crippen LogP contribution in [0, 0.1) is 0 Å². The fourth-order valence-electron chi connectivity index (χ4n) is 2.98. The molecule has 2 amide bonds. The molecular weight excluding hydrogens is 395 g/mol. The van der Waals surface area contributed by atoms with E-state index in [0.29, 0.717) is 21.7 Å². The normalized spacial score (nSPS) is 14.1. The lowest BCUT2D eigenvalue weighted by Gasteiger charge is -2.11. The molecule has 0 bridgehead atoms. The van der Waals surface area contributed by atoms with Gasteiger partial charge >= 0.3 is 6.18 Å². The number of alkyl halides is 3. The van der Waals surface area contributed by atoms with Gasteiger partial charge in [0, 0.05) is 17.1 Å². The lowest BCUT2D eigenvalue weighted by Crippen LogP contribution is -2.44. The summed E-state index contributed by atoms with van der Waals surface area (Å²) in [5.41, 5.74) is 3.73.